The van der Waals surface area contributed by atoms with Crippen molar-refractivity contribution in [1.29, 1.82) is 0 Å². The highest BCUT2D eigenvalue weighted by atomic mass is 32.1. The van der Waals surface area contributed by atoms with Gasteiger partial charge in [0.2, 0.25) is 0 Å². The zero-order valence-corrected chi connectivity index (χ0v) is 16.4. The molecule has 0 atom stereocenters. The summed E-state index contributed by atoms with van der Waals surface area (Å²) >= 11 is 1.51. The molecule has 0 saturated heterocycles. The summed E-state index contributed by atoms with van der Waals surface area (Å²) in [6.45, 7) is 4.91. The lowest BCUT2D eigenvalue weighted by molar-refractivity contribution is 0.221. The van der Waals surface area contributed by atoms with E-state index >= 15 is 0 Å². The Kier molecular flexibility index (Phi) is 4.74. The lowest BCUT2D eigenvalue weighted by Gasteiger charge is -2.45. The Bertz CT molecular complexity index is 807. The number of hydrogen-bond donors (Lipinski definition) is 2. The molecule has 4 rings (SSSR count). The predicted molar refractivity (Wildman–Crippen MR) is 107 cm³/mol. The number of urea groups is 1. The Morgan fingerprint density at radius 1 is 1.27 bits per heavy atom. The van der Waals surface area contributed by atoms with Crippen LogP contribution in [0.3, 0.4) is 0 Å². The second-order valence-corrected chi connectivity index (χ2v) is 8.78. The Morgan fingerprint density at radius 3 is 2.81 bits per heavy atom. The first kappa shape index (κ1) is 17.5. The van der Waals surface area contributed by atoms with Gasteiger partial charge in [-0.25, -0.2) is 9.78 Å². The van der Waals surface area contributed by atoms with E-state index in [4.69, 9.17) is 0 Å². The van der Waals surface area contributed by atoms with E-state index in [9.17, 15) is 4.79 Å². The Morgan fingerprint density at radius 2 is 2.04 bits per heavy atom. The van der Waals surface area contributed by atoms with Gasteiger partial charge in [0.05, 0.1) is 5.69 Å². The summed E-state index contributed by atoms with van der Waals surface area (Å²) in [6.07, 6.45) is 7.42. The van der Waals surface area contributed by atoms with E-state index in [0.29, 0.717) is 17.6 Å². The molecule has 0 radical (unpaired) electrons. The van der Waals surface area contributed by atoms with Crippen LogP contribution >= 0.6 is 11.3 Å². The van der Waals surface area contributed by atoms with Gasteiger partial charge in [-0.3, -0.25) is 5.32 Å². The van der Waals surface area contributed by atoms with Gasteiger partial charge in [-0.1, -0.05) is 25.1 Å². The number of hydrogen-bond acceptors (Lipinski definition) is 3. The SMILES string of the molecule is CCNC(=O)Nc1nc(C2CC(C)(c3ccc4c(c3)CCCC4)C2)cs1. The van der Waals surface area contributed by atoms with Gasteiger partial charge in [0.25, 0.3) is 0 Å². The number of nitrogens with zero attached hydrogens (tertiary/aromatic N) is 1. The molecule has 0 aliphatic heterocycles. The first-order valence-corrected chi connectivity index (χ1v) is 10.6. The summed E-state index contributed by atoms with van der Waals surface area (Å²) in [6, 6.07) is 7.00. The van der Waals surface area contributed by atoms with Crippen molar-refractivity contribution in [2.75, 3.05) is 11.9 Å². The molecule has 1 aromatic carbocycles. The largest absolute Gasteiger partial charge is 0.338 e. The summed E-state index contributed by atoms with van der Waals surface area (Å²) in [5.41, 5.74) is 6.00. The van der Waals surface area contributed by atoms with Gasteiger partial charge in [0.1, 0.15) is 0 Å². The molecule has 2 amide bonds. The van der Waals surface area contributed by atoms with Crippen LogP contribution in [0.4, 0.5) is 9.93 Å². The van der Waals surface area contributed by atoms with E-state index in [1.807, 2.05) is 6.92 Å². The molecule has 2 aliphatic rings. The molecule has 1 aromatic heterocycles. The molecule has 0 unspecified atom stereocenters. The number of aryl methyl sites for hydroxylation is 2. The lowest BCUT2D eigenvalue weighted by Crippen LogP contribution is -2.37. The van der Waals surface area contributed by atoms with Crippen LogP contribution in [-0.4, -0.2) is 17.6 Å². The quantitative estimate of drug-likeness (QED) is 0.797. The lowest BCUT2D eigenvalue weighted by atomic mass is 9.59. The minimum Gasteiger partial charge on any atom is -0.338 e. The van der Waals surface area contributed by atoms with Crippen LogP contribution in [0.15, 0.2) is 23.6 Å². The van der Waals surface area contributed by atoms with Crippen LogP contribution in [0, 0.1) is 0 Å². The summed E-state index contributed by atoms with van der Waals surface area (Å²) in [5.74, 6) is 0.497. The highest BCUT2D eigenvalue weighted by Gasteiger charge is 2.43. The number of amides is 2. The van der Waals surface area contributed by atoms with Crippen molar-refractivity contribution in [2.45, 2.75) is 63.7 Å². The monoisotopic (exact) mass is 369 g/mol. The van der Waals surface area contributed by atoms with Crippen molar-refractivity contribution in [3.63, 3.8) is 0 Å². The van der Waals surface area contributed by atoms with E-state index in [-0.39, 0.29) is 11.4 Å². The third kappa shape index (κ3) is 3.37. The summed E-state index contributed by atoms with van der Waals surface area (Å²) in [4.78, 5) is 16.3. The smallest absolute Gasteiger partial charge is 0.321 e. The minimum absolute atomic E-state index is 0.180. The second kappa shape index (κ2) is 7.03. The average Bonchev–Trinajstić information content (AvgIpc) is 3.06. The fourth-order valence-corrected chi connectivity index (χ4v) is 5.20. The zero-order chi connectivity index (χ0) is 18.1. The third-order valence-electron chi connectivity index (χ3n) is 5.94. The minimum atomic E-state index is -0.180. The van der Waals surface area contributed by atoms with Crippen LogP contribution in [0.1, 0.15) is 67.8 Å². The molecular weight excluding hydrogens is 342 g/mol. The van der Waals surface area contributed by atoms with Gasteiger partial charge in [0.15, 0.2) is 5.13 Å². The van der Waals surface area contributed by atoms with Gasteiger partial charge in [-0.2, -0.15) is 0 Å². The maximum absolute atomic E-state index is 11.6. The summed E-state index contributed by atoms with van der Waals surface area (Å²) in [7, 11) is 0. The van der Waals surface area contributed by atoms with E-state index < -0.39 is 0 Å². The fraction of sp³-hybridized carbons (Fsp3) is 0.524. The van der Waals surface area contributed by atoms with Gasteiger partial charge in [0, 0.05) is 17.8 Å². The maximum Gasteiger partial charge on any atom is 0.321 e. The first-order valence-electron chi connectivity index (χ1n) is 9.70. The number of rotatable bonds is 4. The van der Waals surface area contributed by atoms with Crippen LogP contribution < -0.4 is 10.6 Å². The van der Waals surface area contributed by atoms with E-state index in [1.165, 1.54) is 42.6 Å². The number of thiazole rings is 1. The van der Waals surface area contributed by atoms with E-state index in [0.717, 1.165) is 18.5 Å². The fourth-order valence-electron chi connectivity index (χ4n) is 4.41. The zero-order valence-electron chi connectivity index (χ0n) is 15.6. The number of aromatic nitrogens is 1. The number of anilines is 1. The molecule has 0 spiro atoms. The summed E-state index contributed by atoms with van der Waals surface area (Å²) < 4.78 is 0. The number of carbonyl (C=O) groups excluding carboxylic acids is 1. The number of carbonyl (C=O) groups is 1. The average molecular weight is 370 g/mol. The molecule has 2 N–H and O–H groups in total. The van der Waals surface area contributed by atoms with Crippen molar-refractivity contribution in [3.8, 4) is 0 Å². The standard InChI is InChI=1S/C21H27N3OS/c1-3-22-19(25)24-20-23-18(13-26-20)16-11-21(2,12-16)17-9-8-14-6-4-5-7-15(14)10-17/h8-10,13,16H,3-7,11-12H2,1-2H3,(H2,22,23,24,25). The maximum atomic E-state index is 11.6. The van der Waals surface area contributed by atoms with Gasteiger partial charge < -0.3 is 5.32 Å². The van der Waals surface area contributed by atoms with E-state index in [2.05, 4.69) is 46.1 Å². The molecule has 4 nitrogen and oxygen atoms in total. The molecule has 26 heavy (non-hydrogen) atoms. The molecule has 2 aliphatic carbocycles. The molecule has 138 valence electrons. The molecule has 5 heteroatoms. The highest BCUT2D eigenvalue weighted by molar-refractivity contribution is 7.13. The number of fused-ring (bicyclic) bond motifs is 1. The molecular formula is C21H27N3OS. The molecule has 0 bridgehead atoms. The van der Waals surface area contributed by atoms with Crippen molar-refractivity contribution >= 4 is 22.5 Å². The molecule has 2 aromatic rings. The van der Waals surface area contributed by atoms with Gasteiger partial charge >= 0.3 is 6.03 Å². The Hall–Kier alpha value is -1.88. The van der Waals surface area contributed by atoms with Crippen LogP contribution in [0.25, 0.3) is 0 Å². The topological polar surface area (TPSA) is 54.0 Å². The third-order valence-corrected chi connectivity index (χ3v) is 6.71. The van der Waals surface area contributed by atoms with Crippen LogP contribution in [-0.2, 0) is 18.3 Å². The number of benzene rings is 1. The first-order chi connectivity index (χ1) is 12.6. The van der Waals surface area contributed by atoms with Crippen molar-refractivity contribution < 1.29 is 4.79 Å². The molecule has 1 fully saturated rings. The second-order valence-electron chi connectivity index (χ2n) is 7.92. The molecule has 1 saturated carbocycles. The Labute approximate surface area is 159 Å². The number of nitrogens with one attached hydrogen (secondary N) is 2. The van der Waals surface area contributed by atoms with Crippen molar-refractivity contribution in [1.82, 2.24) is 10.3 Å². The molecule has 1 heterocycles. The van der Waals surface area contributed by atoms with Crippen LogP contribution in [0.5, 0.6) is 0 Å². The van der Waals surface area contributed by atoms with Gasteiger partial charge in [-0.05, 0) is 67.6 Å². The normalized spacial score (nSPS) is 24.5. The highest BCUT2D eigenvalue weighted by Crippen LogP contribution is 2.52. The Balaban J connectivity index is 1.41. The van der Waals surface area contributed by atoms with E-state index in [1.54, 1.807) is 11.1 Å². The van der Waals surface area contributed by atoms with Crippen molar-refractivity contribution in [3.05, 3.63) is 46.0 Å². The summed E-state index contributed by atoms with van der Waals surface area (Å²) in [5, 5.41) is 8.33. The van der Waals surface area contributed by atoms with Crippen LogP contribution in [0.2, 0.25) is 0 Å². The predicted octanol–water partition coefficient (Wildman–Crippen LogP) is 5.00. The van der Waals surface area contributed by atoms with Gasteiger partial charge in [-0.15, -0.1) is 11.3 Å². The van der Waals surface area contributed by atoms with Crippen molar-refractivity contribution in [2.24, 2.45) is 0 Å².